The SMILES string of the molecule is COc1c(NC(=O)c2ccc(N3CCNCC3)c3cn(C)nc23)cc2cc(C)[nH]c2c1F. The van der Waals surface area contributed by atoms with Crippen molar-refractivity contribution in [3.63, 3.8) is 0 Å². The lowest BCUT2D eigenvalue weighted by Crippen LogP contribution is -2.43. The van der Waals surface area contributed by atoms with E-state index < -0.39 is 5.82 Å². The zero-order valence-corrected chi connectivity index (χ0v) is 18.3. The van der Waals surface area contributed by atoms with Crippen LogP contribution in [0.4, 0.5) is 15.8 Å². The van der Waals surface area contributed by atoms with Crippen molar-refractivity contribution in [1.82, 2.24) is 20.1 Å². The van der Waals surface area contributed by atoms with Crippen molar-refractivity contribution >= 4 is 39.1 Å². The van der Waals surface area contributed by atoms with Gasteiger partial charge >= 0.3 is 0 Å². The summed E-state index contributed by atoms with van der Waals surface area (Å²) in [5.74, 6) is -0.919. The van der Waals surface area contributed by atoms with Crippen molar-refractivity contribution < 1.29 is 13.9 Å². The van der Waals surface area contributed by atoms with Gasteiger partial charge in [0.05, 0.1) is 23.9 Å². The molecule has 9 heteroatoms. The van der Waals surface area contributed by atoms with Gasteiger partial charge in [0.2, 0.25) is 0 Å². The monoisotopic (exact) mass is 436 g/mol. The number of rotatable bonds is 4. The Hall–Kier alpha value is -3.59. The standard InChI is InChI=1S/C23H25FN6O2/c1-13-10-14-11-17(22(32-3)19(24)20(14)26-13)27-23(31)15-4-5-18(30-8-6-25-7-9-30)16-12-29(2)28-21(15)16/h4-5,10-12,25-26H,6-9H2,1-3H3,(H,27,31). The first-order valence-corrected chi connectivity index (χ1v) is 10.6. The Balaban J connectivity index is 1.55. The Morgan fingerprint density at radius 1 is 1.25 bits per heavy atom. The van der Waals surface area contributed by atoms with E-state index in [9.17, 15) is 9.18 Å². The summed E-state index contributed by atoms with van der Waals surface area (Å²) in [6, 6.07) is 7.28. The van der Waals surface area contributed by atoms with Crippen LogP contribution in [0.3, 0.4) is 0 Å². The number of piperazine rings is 1. The molecule has 1 aliphatic heterocycles. The van der Waals surface area contributed by atoms with Crippen LogP contribution in [-0.4, -0.2) is 54.0 Å². The highest BCUT2D eigenvalue weighted by molar-refractivity contribution is 6.14. The lowest BCUT2D eigenvalue weighted by atomic mass is 10.1. The van der Waals surface area contributed by atoms with Crippen LogP contribution in [0.25, 0.3) is 21.8 Å². The first kappa shape index (κ1) is 20.3. The second-order valence-electron chi connectivity index (χ2n) is 8.08. The number of benzene rings is 2. The van der Waals surface area contributed by atoms with Gasteiger partial charge in [-0.1, -0.05) is 0 Å². The molecule has 0 saturated carbocycles. The summed E-state index contributed by atoms with van der Waals surface area (Å²) in [6.07, 6.45) is 1.93. The number of hydrogen-bond donors (Lipinski definition) is 3. The van der Waals surface area contributed by atoms with E-state index in [2.05, 4.69) is 25.6 Å². The van der Waals surface area contributed by atoms with Crippen LogP contribution < -0.4 is 20.3 Å². The van der Waals surface area contributed by atoms with Gasteiger partial charge in [0.15, 0.2) is 11.6 Å². The Morgan fingerprint density at radius 2 is 2.03 bits per heavy atom. The lowest BCUT2D eigenvalue weighted by molar-refractivity contribution is 0.102. The maximum atomic E-state index is 15.0. The molecule has 0 atom stereocenters. The molecule has 3 heterocycles. The van der Waals surface area contributed by atoms with E-state index in [1.54, 1.807) is 16.8 Å². The number of methoxy groups -OCH3 is 1. The van der Waals surface area contributed by atoms with Crippen molar-refractivity contribution in [2.45, 2.75) is 6.92 Å². The summed E-state index contributed by atoms with van der Waals surface area (Å²) in [5.41, 5.74) is 3.54. The van der Waals surface area contributed by atoms with Gasteiger partial charge < -0.3 is 25.3 Å². The van der Waals surface area contributed by atoms with Crippen LogP contribution in [-0.2, 0) is 7.05 Å². The predicted octanol–water partition coefficient (Wildman–Crippen LogP) is 3.17. The Morgan fingerprint density at radius 3 is 2.78 bits per heavy atom. The molecule has 3 N–H and O–H groups in total. The minimum absolute atomic E-state index is 0.0117. The number of carbonyl (C=O) groups excluding carboxylic acids is 1. The average Bonchev–Trinajstić information content (AvgIpc) is 3.35. The third-order valence-electron chi connectivity index (χ3n) is 5.87. The van der Waals surface area contributed by atoms with Crippen molar-refractivity contribution in [1.29, 1.82) is 0 Å². The lowest BCUT2D eigenvalue weighted by Gasteiger charge is -2.30. The number of aromatic nitrogens is 3. The number of carbonyl (C=O) groups is 1. The molecule has 0 aliphatic carbocycles. The Labute approximate surface area is 184 Å². The molecule has 8 nitrogen and oxygen atoms in total. The largest absolute Gasteiger partial charge is 0.492 e. The molecule has 166 valence electrons. The summed E-state index contributed by atoms with van der Waals surface area (Å²) in [7, 11) is 3.22. The normalized spacial score (nSPS) is 14.3. The molecule has 1 aliphatic rings. The topological polar surface area (TPSA) is 87.2 Å². The Kier molecular flexibility index (Phi) is 4.97. The van der Waals surface area contributed by atoms with E-state index in [-0.39, 0.29) is 17.3 Å². The number of nitrogens with one attached hydrogen (secondary N) is 3. The molecule has 4 aromatic rings. The van der Waals surface area contributed by atoms with Crippen LogP contribution in [0, 0.1) is 12.7 Å². The zero-order valence-electron chi connectivity index (χ0n) is 18.3. The summed E-state index contributed by atoms with van der Waals surface area (Å²) >= 11 is 0. The van der Waals surface area contributed by atoms with Gasteiger partial charge in [0.1, 0.15) is 5.52 Å². The van der Waals surface area contributed by atoms with Crippen molar-refractivity contribution in [2.75, 3.05) is 43.5 Å². The first-order valence-electron chi connectivity index (χ1n) is 10.6. The fraction of sp³-hybridized carbons (Fsp3) is 0.304. The average molecular weight is 436 g/mol. The van der Waals surface area contributed by atoms with Gasteiger partial charge in [-0.25, -0.2) is 4.39 Å². The number of halogens is 1. The quantitative estimate of drug-likeness (QED) is 0.458. The highest BCUT2D eigenvalue weighted by atomic mass is 19.1. The fourth-order valence-corrected chi connectivity index (χ4v) is 4.41. The smallest absolute Gasteiger partial charge is 0.258 e. The van der Waals surface area contributed by atoms with E-state index in [1.807, 2.05) is 32.3 Å². The van der Waals surface area contributed by atoms with Crippen molar-refractivity contribution in [3.05, 3.63) is 47.5 Å². The molecule has 0 unspecified atom stereocenters. The summed E-state index contributed by atoms with van der Waals surface area (Å²) in [6.45, 7) is 5.46. The summed E-state index contributed by atoms with van der Waals surface area (Å²) in [4.78, 5) is 18.6. The van der Waals surface area contributed by atoms with E-state index in [0.717, 1.165) is 42.9 Å². The maximum absolute atomic E-state index is 15.0. The number of aromatic amines is 1. The molecular weight excluding hydrogens is 411 g/mol. The maximum Gasteiger partial charge on any atom is 0.258 e. The molecule has 2 aromatic heterocycles. The van der Waals surface area contributed by atoms with Crippen LogP contribution >= 0.6 is 0 Å². The van der Waals surface area contributed by atoms with Gasteiger partial charge in [-0.2, -0.15) is 5.10 Å². The third-order valence-corrected chi connectivity index (χ3v) is 5.87. The minimum atomic E-state index is -0.537. The van der Waals surface area contributed by atoms with E-state index >= 15 is 0 Å². The minimum Gasteiger partial charge on any atom is -0.492 e. The number of H-pyrrole nitrogens is 1. The van der Waals surface area contributed by atoms with Crippen LogP contribution in [0.1, 0.15) is 16.1 Å². The number of amides is 1. The van der Waals surface area contributed by atoms with E-state index in [4.69, 9.17) is 4.74 Å². The number of fused-ring (bicyclic) bond motifs is 2. The number of hydrogen-bond acceptors (Lipinski definition) is 5. The van der Waals surface area contributed by atoms with Gasteiger partial charge in [0.25, 0.3) is 5.91 Å². The van der Waals surface area contributed by atoms with Gasteiger partial charge in [-0.3, -0.25) is 9.48 Å². The van der Waals surface area contributed by atoms with Crippen LogP contribution in [0.2, 0.25) is 0 Å². The first-order chi connectivity index (χ1) is 15.5. The van der Waals surface area contributed by atoms with E-state index in [0.29, 0.717) is 22.0 Å². The van der Waals surface area contributed by atoms with Gasteiger partial charge in [0, 0.05) is 61.6 Å². The fourth-order valence-electron chi connectivity index (χ4n) is 4.41. The molecule has 0 bridgehead atoms. The predicted molar refractivity (Wildman–Crippen MR) is 123 cm³/mol. The van der Waals surface area contributed by atoms with Crippen LogP contribution in [0.15, 0.2) is 30.5 Å². The number of anilines is 2. The van der Waals surface area contributed by atoms with Gasteiger partial charge in [-0.05, 0) is 31.2 Å². The van der Waals surface area contributed by atoms with E-state index in [1.165, 1.54) is 7.11 Å². The molecule has 1 amide bonds. The molecule has 1 saturated heterocycles. The molecule has 5 rings (SSSR count). The van der Waals surface area contributed by atoms with Crippen molar-refractivity contribution in [2.24, 2.45) is 7.05 Å². The second-order valence-corrected chi connectivity index (χ2v) is 8.08. The van der Waals surface area contributed by atoms with Gasteiger partial charge in [-0.15, -0.1) is 0 Å². The number of nitrogens with zero attached hydrogens (tertiary/aromatic N) is 3. The molecule has 0 spiro atoms. The highest BCUT2D eigenvalue weighted by Gasteiger charge is 2.22. The zero-order chi connectivity index (χ0) is 22.4. The van der Waals surface area contributed by atoms with Crippen LogP contribution in [0.5, 0.6) is 5.75 Å². The highest BCUT2D eigenvalue weighted by Crippen LogP contribution is 2.36. The Bertz CT molecular complexity index is 1340. The number of ether oxygens (including phenoxy) is 1. The molecule has 0 radical (unpaired) electrons. The summed E-state index contributed by atoms with van der Waals surface area (Å²) in [5, 5.41) is 12.3. The molecule has 1 fully saturated rings. The number of aryl methyl sites for hydroxylation is 2. The molecule has 32 heavy (non-hydrogen) atoms. The third kappa shape index (κ3) is 3.34. The van der Waals surface area contributed by atoms with Crippen molar-refractivity contribution in [3.8, 4) is 5.75 Å². The molecular formula is C23H25FN6O2. The summed E-state index contributed by atoms with van der Waals surface area (Å²) < 4.78 is 22.0. The second kappa shape index (κ2) is 7.83. The molecule has 2 aromatic carbocycles.